The lowest BCUT2D eigenvalue weighted by atomic mass is 10.0. The molecular formula is C20H20F3N3O3S. The number of fused-ring (bicyclic) bond motifs is 1. The summed E-state index contributed by atoms with van der Waals surface area (Å²) in [5, 5.41) is 2.66. The number of para-hydroxylation sites is 2. The first-order chi connectivity index (χ1) is 13.9. The molecule has 0 aliphatic rings. The standard InChI is InChI=1S/C20H20F3N3O3S/c1-13(14-6-5-7-15(10-14)20(21,22)23)24-19(27)11-26-17-9-4-3-8-16(17)25-18(26)12-30(2,28)29/h3-10,13H,11-12H2,1-2H3,(H,24,27)/t13-/m1/s1. The van der Waals surface area contributed by atoms with Gasteiger partial charge in [0.2, 0.25) is 5.91 Å². The van der Waals surface area contributed by atoms with Gasteiger partial charge in [-0.3, -0.25) is 4.79 Å². The summed E-state index contributed by atoms with van der Waals surface area (Å²) in [7, 11) is -3.39. The highest BCUT2D eigenvalue weighted by molar-refractivity contribution is 7.89. The number of nitrogens with zero attached hydrogens (tertiary/aromatic N) is 2. The summed E-state index contributed by atoms with van der Waals surface area (Å²) in [6.45, 7) is 1.37. The SMILES string of the molecule is C[C@@H](NC(=O)Cn1c(CS(C)(=O)=O)nc2ccccc21)c1cccc(C(F)(F)F)c1. The van der Waals surface area contributed by atoms with E-state index < -0.39 is 33.5 Å². The van der Waals surface area contributed by atoms with Crippen LogP contribution in [0.5, 0.6) is 0 Å². The van der Waals surface area contributed by atoms with Gasteiger partial charge in [-0.1, -0.05) is 24.3 Å². The smallest absolute Gasteiger partial charge is 0.348 e. The summed E-state index contributed by atoms with van der Waals surface area (Å²) < 4.78 is 63.8. The number of rotatable bonds is 6. The van der Waals surface area contributed by atoms with Gasteiger partial charge in [0.1, 0.15) is 18.1 Å². The van der Waals surface area contributed by atoms with E-state index >= 15 is 0 Å². The summed E-state index contributed by atoms with van der Waals surface area (Å²) in [6.07, 6.45) is -3.40. The maximum Gasteiger partial charge on any atom is 0.416 e. The molecule has 0 bridgehead atoms. The number of carbonyl (C=O) groups excluding carboxylic acids is 1. The van der Waals surface area contributed by atoms with Crippen LogP contribution < -0.4 is 5.32 Å². The van der Waals surface area contributed by atoms with Gasteiger partial charge < -0.3 is 9.88 Å². The Morgan fingerprint density at radius 2 is 1.87 bits per heavy atom. The van der Waals surface area contributed by atoms with Crippen LogP contribution >= 0.6 is 0 Å². The average molecular weight is 439 g/mol. The molecule has 160 valence electrons. The van der Waals surface area contributed by atoms with Crippen molar-refractivity contribution in [2.75, 3.05) is 6.26 Å². The molecule has 1 amide bonds. The Labute approximate surface area is 171 Å². The number of sulfone groups is 1. The summed E-state index contributed by atoms with van der Waals surface area (Å²) in [4.78, 5) is 16.9. The number of hydrogen-bond acceptors (Lipinski definition) is 4. The highest BCUT2D eigenvalue weighted by atomic mass is 32.2. The van der Waals surface area contributed by atoms with Gasteiger partial charge in [0.25, 0.3) is 0 Å². The minimum Gasteiger partial charge on any atom is -0.348 e. The van der Waals surface area contributed by atoms with Crippen LogP contribution in [0.3, 0.4) is 0 Å². The van der Waals surface area contributed by atoms with E-state index in [1.807, 2.05) is 0 Å². The second-order valence-electron chi connectivity index (χ2n) is 7.09. The predicted octanol–water partition coefficient (Wildman–Crippen LogP) is 3.48. The van der Waals surface area contributed by atoms with Crippen LogP contribution in [0.1, 0.15) is 29.9 Å². The molecule has 0 aliphatic carbocycles. The number of imidazole rings is 1. The maximum atomic E-state index is 12.9. The molecule has 3 rings (SSSR count). The summed E-state index contributed by atoms with van der Waals surface area (Å²) in [6, 6.07) is 11.0. The molecule has 10 heteroatoms. The van der Waals surface area contributed by atoms with Gasteiger partial charge in [-0.25, -0.2) is 13.4 Å². The third-order valence-corrected chi connectivity index (χ3v) is 5.30. The molecule has 2 aromatic carbocycles. The second-order valence-corrected chi connectivity index (χ2v) is 9.23. The van der Waals surface area contributed by atoms with Crippen LogP contribution in [-0.2, 0) is 33.1 Å². The molecule has 0 fully saturated rings. The van der Waals surface area contributed by atoms with Gasteiger partial charge >= 0.3 is 6.18 Å². The Morgan fingerprint density at radius 3 is 2.53 bits per heavy atom. The zero-order valence-electron chi connectivity index (χ0n) is 16.3. The molecule has 0 unspecified atom stereocenters. The van der Waals surface area contributed by atoms with Gasteiger partial charge in [-0.2, -0.15) is 13.2 Å². The van der Waals surface area contributed by atoms with Gasteiger partial charge in [-0.05, 0) is 36.8 Å². The fraction of sp³-hybridized carbons (Fsp3) is 0.300. The lowest BCUT2D eigenvalue weighted by Gasteiger charge is -2.17. The van der Waals surface area contributed by atoms with Crippen molar-refractivity contribution in [1.29, 1.82) is 0 Å². The molecule has 0 saturated heterocycles. The maximum absolute atomic E-state index is 12.9. The van der Waals surface area contributed by atoms with Crippen LogP contribution in [-0.4, -0.2) is 30.1 Å². The van der Waals surface area contributed by atoms with Crippen LogP contribution in [0, 0.1) is 0 Å². The number of benzene rings is 2. The van der Waals surface area contributed by atoms with E-state index in [1.54, 1.807) is 31.2 Å². The molecule has 1 heterocycles. The quantitative estimate of drug-likeness (QED) is 0.638. The lowest BCUT2D eigenvalue weighted by molar-refractivity contribution is -0.137. The molecule has 1 aromatic heterocycles. The number of nitrogens with one attached hydrogen (secondary N) is 1. The monoisotopic (exact) mass is 439 g/mol. The number of hydrogen-bond donors (Lipinski definition) is 1. The third kappa shape index (κ3) is 5.18. The summed E-state index contributed by atoms with van der Waals surface area (Å²) >= 11 is 0. The highest BCUT2D eigenvalue weighted by Gasteiger charge is 2.30. The molecule has 3 aromatic rings. The van der Waals surface area contributed by atoms with E-state index in [0.717, 1.165) is 18.4 Å². The Morgan fingerprint density at radius 1 is 1.17 bits per heavy atom. The van der Waals surface area contributed by atoms with Crippen LogP contribution in [0.4, 0.5) is 13.2 Å². The Bertz CT molecular complexity index is 1190. The van der Waals surface area contributed by atoms with Crippen LogP contribution in [0.25, 0.3) is 11.0 Å². The number of alkyl halides is 3. The van der Waals surface area contributed by atoms with E-state index in [2.05, 4.69) is 10.3 Å². The van der Waals surface area contributed by atoms with Crippen LogP contribution in [0.2, 0.25) is 0 Å². The topological polar surface area (TPSA) is 81.1 Å². The fourth-order valence-electron chi connectivity index (χ4n) is 3.14. The first kappa shape index (κ1) is 21.8. The van der Waals surface area contributed by atoms with E-state index in [-0.39, 0.29) is 18.1 Å². The first-order valence-electron chi connectivity index (χ1n) is 9.02. The van der Waals surface area contributed by atoms with E-state index in [9.17, 15) is 26.4 Å². The largest absolute Gasteiger partial charge is 0.416 e. The Kier molecular flexibility index (Phi) is 5.89. The molecule has 0 spiro atoms. The van der Waals surface area contributed by atoms with Crippen molar-refractivity contribution in [1.82, 2.24) is 14.9 Å². The lowest BCUT2D eigenvalue weighted by Crippen LogP contribution is -2.31. The third-order valence-electron chi connectivity index (χ3n) is 4.52. The van der Waals surface area contributed by atoms with Crippen molar-refractivity contribution in [3.05, 3.63) is 65.5 Å². The number of halogens is 3. The van der Waals surface area contributed by atoms with E-state index in [1.165, 1.54) is 16.7 Å². The predicted molar refractivity (Wildman–Crippen MR) is 106 cm³/mol. The number of amides is 1. The molecule has 0 aliphatic heterocycles. The normalized spacial score (nSPS) is 13.4. The fourth-order valence-corrected chi connectivity index (χ4v) is 3.83. The molecule has 1 atom stereocenters. The molecule has 0 saturated carbocycles. The summed E-state index contributed by atoms with van der Waals surface area (Å²) in [5.74, 6) is -0.587. The zero-order chi connectivity index (χ0) is 22.1. The van der Waals surface area contributed by atoms with Gasteiger partial charge in [0, 0.05) is 6.26 Å². The summed E-state index contributed by atoms with van der Waals surface area (Å²) in [5.41, 5.74) is 0.662. The molecule has 1 N–H and O–H groups in total. The van der Waals surface area contributed by atoms with Crippen molar-refractivity contribution in [3.63, 3.8) is 0 Å². The van der Waals surface area contributed by atoms with Gasteiger partial charge in [-0.15, -0.1) is 0 Å². The van der Waals surface area contributed by atoms with E-state index in [0.29, 0.717) is 16.6 Å². The van der Waals surface area contributed by atoms with Crippen molar-refractivity contribution in [2.45, 2.75) is 31.4 Å². The van der Waals surface area contributed by atoms with Crippen molar-refractivity contribution in [2.24, 2.45) is 0 Å². The van der Waals surface area contributed by atoms with Crippen LogP contribution in [0.15, 0.2) is 48.5 Å². The minimum absolute atomic E-state index is 0.214. The minimum atomic E-state index is -4.48. The molecule has 30 heavy (non-hydrogen) atoms. The molecule has 0 radical (unpaired) electrons. The molecular weight excluding hydrogens is 419 g/mol. The Hall–Kier alpha value is -2.88. The van der Waals surface area contributed by atoms with E-state index in [4.69, 9.17) is 0 Å². The zero-order valence-corrected chi connectivity index (χ0v) is 17.1. The first-order valence-corrected chi connectivity index (χ1v) is 11.1. The number of carbonyl (C=O) groups is 1. The average Bonchev–Trinajstić information content (AvgIpc) is 2.96. The van der Waals surface area contributed by atoms with Crippen molar-refractivity contribution < 1.29 is 26.4 Å². The highest BCUT2D eigenvalue weighted by Crippen LogP contribution is 2.30. The van der Waals surface area contributed by atoms with Crippen molar-refractivity contribution >= 4 is 26.8 Å². The van der Waals surface area contributed by atoms with Crippen molar-refractivity contribution in [3.8, 4) is 0 Å². The Balaban J connectivity index is 1.83. The second kappa shape index (κ2) is 8.10. The molecule has 6 nitrogen and oxygen atoms in total. The number of aromatic nitrogens is 2. The van der Waals surface area contributed by atoms with Gasteiger partial charge in [0.15, 0.2) is 9.84 Å². The van der Waals surface area contributed by atoms with Gasteiger partial charge in [0.05, 0.1) is 22.6 Å².